The zero-order valence-electron chi connectivity index (χ0n) is 16.3. The Kier molecular flexibility index (Phi) is 6.61. The maximum absolute atomic E-state index is 12.4. The Morgan fingerprint density at radius 1 is 1.04 bits per heavy atom. The fourth-order valence-electron chi connectivity index (χ4n) is 3.15. The summed E-state index contributed by atoms with van der Waals surface area (Å²) in [6.45, 7) is 4.51. The topological polar surface area (TPSA) is 81.1 Å². The minimum atomic E-state index is -0.318. The average molecular weight is 377 g/mol. The first-order valence-corrected chi connectivity index (χ1v) is 9.65. The standard InChI is InChI=1S/C23H27N3O2/c1-16(2)21(24)23-26-20(15-28-23)22(27)25-14-13-19(17-9-5-3-6-10-17)18-11-7-4-8-12-18/h3-12,15-16,19,21H,13-14,24H2,1-2H3,(H,25,27). The summed E-state index contributed by atoms with van der Waals surface area (Å²) in [6.07, 6.45) is 2.16. The van der Waals surface area contributed by atoms with Gasteiger partial charge in [0.05, 0.1) is 6.04 Å². The van der Waals surface area contributed by atoms with Crippen LogP contribution in [0.5, 0.6) is 0 Å². The second kappa shape index (κ2) is 9.33. The van der Waals surface area contributed by atoms with Crippen LogP contribution in [-0.4, -0.2) is 17.4 Å². The van der Waals surface area contributed by atoms with Crippen LogP contribution in [0, 0.1) is 5.92 Å². The van der Waals surface area contributed by atoms with E-state index in [1.54, 1.807) is 0 Å². The van der Waals surface area contributed by atoms with Crippen molar-refractivity contribution in [2.24, 2.45) is 11.7 Å². The number of oxazole rings is 1. The van der Waals surface area contributed by atoms with Crippen molar-refractivity contribution in [3.05, 3.63) is 89.6 Å². The number of nitrogens with zero attached hydrogens (tertiary/aromatic N) is 1. The number of carbonyl (C=O) groups is 1. The molecule has 1 aromatic heterocycles. The van der Waals surface area contributed by atoms with Crippen LogP contribution in [0.3, 0.4) is 0 Å². The van der Waals surface area contributed by atoms with Crippen LogP contribution in [0.1, 0.15) is 59.7 Å². The Morgan fingerprint density at radius 2 is 1.61 bits per heavy atom. The van der Waals surface area contributed by atoms with E-state index < -0.39 is 0 Å². The molecule has 1 amide bonds. The molecule has 1 atom stereocenters. The molecule has 1 heterocycles. The highest BCUT2D eigenvalue weighted by molar-refractivity contribution is 5.91. The molecule has 0 radical (unpaired) electrons. The first-order valence-electron chi connectivity index (χ1n) is 9.65. The zero-order valence-corrected chi connectivity index (χ0v) is 16.3. The third-order valence-corrected chi connectivity index (χ3v) is 4.88. The lowest BCUT2D eigenvalue weighted by atomic mass is 9.88. The largest absolute Gasteiger partial charge is 0.446 e. The maximum Gasteiger partial charge on any atom is 0.273 e. The third kappa shape index (κ3) is 4.87. The van der Waals surface area contributed by atoms with Crippen LogP contribution in [-0.2, 0) is 0 Å². The van der Waals surface area contributed by atoms with Crippen molar-refractivity contribution >= 4 is 5.91 Å². The summed E-state index contributed by atoms with van der Waals surface area (Å²) >= 11 is 0. The lowest BCUT2D eigenvalue weighted by molar-refractivity contribution is 0.0947. The van der Waals surface area contributed by atoms with Gasteiger partial charge < -0.3 is 15.5 Å². The molecule has 0 fully saturated rings. The quantitative estimate of drug-likeness (QED) is 0.614. The SMILES string of the molecule is CC(C)C(N)c1nc(C(=O)NCCC(c2ccccc2)c2ccccc2)co1. The summed E-state index contributed by atoms with van der Waals surface area (Å²) in [6, 6.07) is 20.4. The summed E-state index contributed by atoms with van der Waals surface area (Å²) in [5.41, 5.74) is 8.76. The van der Waals surface area contributed by atoms with Crippen LogP contribution in [0.25, 0.3) is 0 Å². The normalized spacial score (nSPS) is 12.3. The number of aromatic nitrogens is 1. The Bertz CT molecular complexity index is 836. The van der Waals surface area contributed by atoms with Gasteiger partial charge in [-0.1, -0.05) is 74.5 Å². The molecule has 146 valence electrons. The minimum absolute atomic E-state index is 0.187. The minimum Gasteiger partial charge on any atom is -0.446 e. The van der Waals surface area contributed by atoms with E-state index in [1.807, 2.05) is 50.2 Å². The molecule has 2 aromatic carbocycles. The Morgan fingerprint density at radius 3 is 2.14 bits per heavy atom. The van der Waals surface area contributed by atoms with Gasteiger partial charge in [-0.2, -0.15) is 0 Å². The van der Waals surface area contributed by atoms with Gasteiger partial charge in [0.15, 0.2) is 5.69 Å². The van der Waals surface area contributed by atoms with Gasteiger partial charge >= 0.3 is 0 Å². The molecule has 3 rings (SSSR count). The van der Waals surface area contributed by atoms with Gasteiger partial charge in [-0.05, 0) is 23.5 Å². The fourth-order valence-corrected chi connectivity index (χ4v) is 3.15. The van der Waals surface area contributed by atoms with E-state index in [4.69, 9.17) is 10.2 Å². The second-order valence-corrected chi connectivity index (χ2v) is 7.26. The summed E-state index contributed by atoms with van der Waals surface area (Å²) in [4.78, 5) is 16.7. The average Bonchev–Trinajstić information content (AvgIpc) is 3.22. The highest BCUT2D eigenvalue weighted by Crippen LogP contribution is 2.27. The summed E-state index contributed by atoms with van der Waals surface area (Å²) in [5.74, 6) is 0.550. The smallest absolute Gasteiger partial charge is 0.273 e. The molecule has 0 aliphatic carbocycles. The number of nitrogens with one attached hydrogen (secondary N) is 1. The van der Waals surface area contributed by atoms with Gasteiger partial charge in [0, 0.05) is 12.5 Å². The first kappa shape index (κ1) is 19.8. The molecular weight excluding hydrogens is 350 g/mol. The number of benzene rings is 2. The second-order valence-electron chi connectivity index (χ2n) is 7.26. The molecule has 28 heavy (non-hydrogen) atoms. The molecule has 5 nitrogen and oxygen atoms in total. The lowest BCUT2D eigenvalue weighted by Gasteiger charge is -2.18. The Balaban J connectivity index is 1.64. The van der Waals surface area contributed by atoms with Crippen LogP contribution >= 0.6 is 0 Å². The molecular formula is C23H27N3O2. The van der Waals surface area contributed by atoms with Gasteiger partial charge in [0.2, 0.25) is 5.89 Å². The predicted octanol–water partition coefficient (Wildman–Crippen LogP) is 4.28. The molecule has 5 heteroatoms. The van der Waals surface area contributed by atoms with E-state index in [0.717, 1.165) is 6.42 Å². The van der Waals surface area contributed by atoms with E-state index in [9.17, 15) is 4.79 Å². The van der Waals surface area contributed by atoms with E-state index >= 15 is 0 Å². The van der Waals surface area contributed by atoms with Crippen molar-refractivity contribution in [2.75, 3.05) is 6.54 Å². The van der Waals surface area contributed by atoms with Gasteiger partial charge in [-0.3, -0.25) is 4.79 Å². The number of amides is 1. The van der Waals surface area contributed by atoms with Gasteiger partial charge in [-0.25, -0.2) is 4.98 Å². The highest BCUT2D eigenvalue weighted by Gasteiger charge is 2.20. The van der Waals surface area contributed by atoms with Crippen LogP contribution in [0.2, 0.25) is 0 Å². The molecule has 0 aliphatic heterocycles. The number of hydrogen-bond acceptors (Lipinski definition) is 4. The van der Waals surface area contributed by atoms with Crippen molar-refractivity contribution in [3.8, 4) is 0 Å². The van der Waals surface area contributed by atoms with E-state index in [-0.39, 0.29) is 29.5 Å². The van der Waals surface area contributed by atoms with Gasteiger partial charge in [0.1, 0.15) is 6.26 Å². The number of rotatable bonds is 8. The maximum atomic E-state index is 12.4. The molecule has 3 aromatic rings. The number of carbonyl (C=O) groups excluding carboxylic acids is 1. The van der Waals surface area contributed by atoms with Crippen LogP contribution in [0.4, 0.5) is 0 Å². The summed E-state index contributed by atoms with van der Waals surface area (Å²) in [7, 11) is 0. The van der Waals surface area contributed by atoms with Crippen molar-refractivity contribution in [1.29, 1.82) is 0 Å². The highest BCUT2D eigenvalue weighted by atomic mass is 16.3. The van der Waals surface area contributed by atoms with Crippen molar-refractivity contribution in [3.63, 3.8) is 0 Å². The summed E-state index contributed by atoms with van der Waals surface area (Å²) in [5, 5.41) is 2.95. The lowest BCUT2D eigenvalue weighted by Crippen LogP contribution is -2.26. The molecule has 0 spiro atoms. The Labute approximate surface area is 166 Å². The molecule has 0 saturated heterocycles. The third-order valence-electron chi connectivity index (χ3n) is 4.88. The first-order chi connectivity index (χ1) is 13.6. The van der Waals surface area contributed by atoms with Crippen molar-refractivity contribution in [2.45, 2.75) is 32.2 Å². The summed E-state index contributed by atoms with van der Waals surface area (Å²) < 4.78 is 5.38. The van der Waals surface area contributed by atoms with Crippen LogP contribution in [0.15, 0.2) is 71.3 Å². The molecule has 0 saturated carbocycles. The molecule has 3 N–H and O–H groups in total. The number of hydrogen-bond donors (Lipinski definition) is 2. The van der Waals surface area contributed by atoms with Crippen molar-refractivity contribution < 1.29 is 9.21 Å². The number of nitrogens with two attached hydrogens (primary N) is 1. The molecule has 0 bridgehead atoms. The van der Waals surface area contributed by atoms with E-state index in [1.165, 1.54) is 17.4 Å². The Hall–Kier alpha value is -2.92. The van der Waals surface area contributed by atoms with E-state index in [2.05, 4.69) is 34.6 Å². The fraction of sp³-hybridized carbons (Fsp3) is 0.304. The van der Waals surface area contributed by atoms with Crippen molar-refractivity contribution in [1.82, 2.24) is 10.3 Å². The molecule has 1 unspecified atom stereocenters. The predicted molar refractivity (Wildman–Crippen MR) is 110 cm³/mol. The monoisotopic (exact) mass is 377 g/mol. The van der Waals surface area contributed by atoms with Gasteiger partial charge in [0.25, 0.3) is 5.91 Å². The van der Waals surface area contributed by atoms with Gasteiger partial charge in [-0.15, -0.1) is 0 Å². The van der Waals surface area contributed by atoms with Crippen LogP contribution < -0.4 is 11.1 Å². The zero-order chi connectivity index (χ0) is 19.9. The van der Waals surface area contributed by atoms with E-state index in [0.29, 0.717) is 12.4 Å². The molecule has 0 aliphatic rings.